The van der Waals surface area contributed by atoms with Crippen LogP contribution in [0.5, 0.6) is 0 Å². The number of nitrogens with zero attached hydrogens (tertiary/aromatic N) is 2. The van der Waals surface area contributed by atoms with E-state index in [4.69, 9.17) is 28.5 Å². The van der Waals surface area contributed by atoms with Gasteiger partial charge in [0.15, 0.2) is 0 Å². The minimum atomic E-state index is -0.166. The SMILES string of the molecule is C=CCN(Cc1ccc(C#N)cc1)C(=O)/C=C/c1cccc(Cl)c1Cl. The Bertz CT molecular complexity index is 836. The van der Waals surface area contributed by atoms with Gasteiger partial charge in [-0.25, -0.2) is 0 Å². The van der Waals surface area contributed by atoms with E-state index in [1.807, 2.05) is 12.1 Å². The summed E-state index contributed by atoms with van der Waals surface area (Å²) in [5.41, 5.74) is 2.20. The fourth-order valence-corrected chi connectivity index (χ4v) is 2.58. The van der Waals surface area contributed by atoms with E-state index in [1.165, 1.54) is 6.08 Å². The summed E-state index contributed by atoms with van der Waals surface area (Å²) in [6.07, 6.45) is 4.78. The molecule has 0 radical (unpaired) electrons. The Morgan fingerprint density at radius 2 is 1.92 bits per heavy atom. The Morgan fingerprint density at radius 1 is 1.20 bits per heavy atom. The third kappa shape index (κ3) is 5.22. The zero-order valence-electron chi connectivity index (χ0n) is 13.5. The fraction of sp³-hybridized carbons (Fsp3) is 0.100. The van der Waals surface area contributed by atoms with E-state index in [1.54, 1.807) is 47.4 Å². The molecular weight excluding hydrogens is 355 g/mol. The molecule has 1 amide bonds. The predicted molar refractivity (Wildman–Crippen MR) is 102 cm³/mol. The minimum absolute atomic E-state index is 0.166. The lowest BCUT2D eigenvalue weighted by Gasteiger charge is -2.19. The van der Waals surface area contributed by atoms with Crippen LogP contribution < -0.4 is 0 Å². The molecule has 2 aromatic carbocycles. The summed E-state index contributed by atoms with van der Waals surface area (Å²) in [6.45, 7) is 4.53. The molecule has 0 atom stereocenters. The van der Waals surface area contributed by atoms with Crippen molar-refractivity contribution < 1.29 is 4.79 Å². The van der Waals surface area contributed by atoms with Crippen molar-refractivity contribution in [3.05, 3.63) is 87.9 Å². The molecule has 0 bridgehead atoms. The molecule has 0 saturated carbocycles. The van der Waals surface area contributed by atoms with Crippen LogP contribution in [0.25, 0.3) is 6.08 Å². The van der Waals surface area contributed by atoms with Crippen LogP contribution in [0, 0.1) is 11.3 Å². The van der Waals surface area contributed by atoms with Crippen molar-refractivity contribution in [1.29, 1.82) is 5.26 Å². The number of carbonyl (C=O) groups excluding carboxylic acids is 1. The lowest BCUT2D eigenvalue weighted by molar-refractivity contribution is -0.126. The second kappa shape index (κ2) is 9.08. The van der Waals surface area contributed by atoms with Gasteiger partial charge in [-0.3, -0.25) is 4.79 Å². The Balaban J connectivity index is 2.14. The lowest BCUT2D eigenvalue weighted by Crippen LogP contribution is -2.29. The molecule has 0 aromatic heterocycles. The maximum atomic E-state index is 12.5. The summed E-state index contributed by atoms with van der Waals surface area (Å²) in [5, 5.41) is 9.70. The average Bonchev–Trinajstić information content (AvgIpc) is 2.63. The lowest BCUT2D eigenvalue weighted by atomic mass is 10.1. The summed E-state index contributed by atoms with van der Waals surface area (Å²) < 4.78 is 0. The number of hydrogen-bond acceptors (Lipinski definition) is 2. The van der Waals surface area contributed by atoms with Crippen molar-refractivity contribution >= 4 is 35.2 Å². The summed E-state index contributed by atoms with van der Waals surface area (Å²) >= 11 is 12.1. The van der Waals surface area contributed by atoms with Gasteiger partial charge in [-0.05, 0) is 35.4 Å². The molecule has 0 spiro atoms. The Hall–Kier alpha value is -2.54. The van der Waals surface area contributed by atoms with E-state index >= 15 is 0 Å². The topological polar surface area (TPSA) is 44.1 Å². The molecule has 2 aromatic rings. The number of rotatable bonds is 6. The highest BCUT2D eigenvalue weighted by atomic mass is 35.5. The van der Waals surface area contributed by atoms with Crippen LogP contribution in [0.15, 0.2) is 61.2 Å². The molecule has 0 fully saturated rings. The quantitative estimate of drug-likeness (QED) is 0.524. The summed E-state index contributed by atoms with van der Waals surface area (Å²) in [7, 11) is 0. The first-order chi connectivity index (χ1) is 12.0. The van der Waals surface area contributed by atoms with Crippen LogP contribution >= 0.6 is 23.2 Å². The summed E-state index contributed by atoms with van der Waals surface area (Å²) in [6, 6.07) is 14.5. The normalized spacial score (nSPS) is 10.4. The maximum absolute atomic E-state index is 12.5. The van der Waals surface area contributed by atoms with Crippen LogP contribution in [0.4, 0.5) is 0 Å². The highest BCUT2D eigenvalue weighted by molar-refractivity contribution is 6.42. The first-order valence-corrected chi connectivity index (χ1v) is 8.31. The molecule has 3 nitrogen and oxygen atoms in total. The number of nitriles is 1. The Morgan fingerprint density at radius 3 is 2.56 bits per heavy atom. The largest absolute Gasteiger partial charge is 0.331 e. The van der Waals surface area contributed by atoms with Crippen molar-refractivity contribution in [2.75, 3.05) is 6.54 Å². The van der Waals surface area contributed by atoms with E-state index in [2.05, 4.69) is 12.6 Å². The van der Waals surface area contributed by atoms with Gasteiger partial charge in [-0.1, -0.05) is 53.5 Å². The second-order valence-electron chi connectivity index (χ2n) is 5.29. The molecular formula is C20H16Cl2N2O. The third-order valence-corrected chi connectivity index (χ3v) is 4.34. The fourth-order valence-electron chi connectivity index (χ4n) is 2.21. The van der Waals surface area contributed by atoms with Crippen LogP contribution in [-0.4, -0.2) is 17.4 Å². The van der Waals surface area contributed by atoms with Gasteiger partial charge in [0.25, 0.3) is 0 Å². The Labute approximate surface area is 157 Å². The van der Waals surface area contributed by atoms with Crippen molar-refractivity contribution in [2.24, 2.45) is 0 Å². The number of halogens is 2. The molecule has 0 aliphatic heterocycles. The smallest absolute Gasteiger partial charge is 0.247 e. The van der Waals surface area contributed by atoms with Gasteiger partial charge >= 0.3 is 0 Å². The first kappa shape index (κ1) is 18.8. The first-order valence-electron chi connectivity index (χ1n) is 7.56. The highest BCUT2D eigenvalue weighted by Gasteiger charge is 2.10. The van der Waals surface area contributed by atoms with Gasteiger partial charge in [0.2, 0.25) is 5.91 Å². The van der Waals surface area contributed by atoms with Crippen LogP contribution in [-0.2, 0) is 11.3 Å². The predicted octanol–water partition coefficient (Wildman–Crippen LogP) is 5.09. The minimum Gasteiger partial charge on any atom is -0.331 e. The van der Waals surface area contributed by atoms with E-state index in [0.717, 1.165) is 5.56 Å². The molecule has 2 rings (SSSR count). The van der Waals surface area contributed by atoms with Crippen LogP contribution in [0.1, 0.15) is 16.7 Å². The van der Waals surface area contributed by atoms with Crippen molar-refractivity contribution in [1.82, 2.24) is 4.90 Å². The van der Waals surface area contributed by atoms with Gasteiger partial charge in [0.05, 0.1) is 21.7 Å². The van der Waals surface area contributed by atoms with E-state index in [-0.39, 0.29) is 5.91 Å². The van der Waals surface area contributed by atoms with Gasteiger partial charge in [0, 0.05) is 19.2 Å². The zero-order valence-corrected chi connectivity index (χ0v) is 15.0. The van der Waals surface area contributed by atoms with Crippen molar-refractivity contribution in [3.63, 3.8) is 0 Å². The molecule has 0 aliphatic carbocycles. The molecule has 126 valence electrons. The van der Waals surface area contributed by atoms with E-state index < -0.39 is 0 Å². The number of hydrogen-bond donors (Lipinski definition) is 0. The molecule has 0 unspecified atom stereocenters. The Kier molecular flexibility index (Phi) is 6.82. The van der Waals surface area contributed by atoms with Crippen molar-refractivity contribution in [3.8, 4) is 6.07 Å². The van der Waals surface area contributed by atoms with Gasteiger partial charge in [-0.2, -0.15) is 5.26 Å². The summed E-state index contributed by atoms with van der Waals surface area (Å²) in [4.78, 5) is 14.1. The molecule has 0 heterocycles. The maximum Gasteiger partial charge on any atom is 0.247 e. The van der Waals surface area contributed by atoms with E-state index in [9.17, 15) is 4.79 Å². The molecule has 25 heavy (non-hydrogen) atoms. The second-order valence-corrected chi connectivity index (χ2v) is 6.08. The average molecular weight is 371 g/mol. The van der Waals surface area contributed by atoms with E-state index in [0.29, 0.717) is 34.3 Å². The summed E-state index contributed by atoms with van der Waals surface area (Å²) in [5.74, 6) is -0.166. The number of amides is 1. The number of carbonyl (C=O) groups is 1. The standard InChI is InChI=1S/C20H16Cl2N2O/c1-2-12-24(14-16-8-6-15(13-23)7-9-16)19(25)11-10-17-4-3-5-18(21)20(17)22/h2-11H,1,12,14H2/b11-10+. The molecule has 5 heteroatoms. The molecule has 0 saturated heterocycles. The molecule has 0 aliphatic rings. The number of benzene rings is 2. The van der Waals surface area contributed by atoms with Crippen LogP contribution in [0.3, 0.4) is 0 Å². The van der Waals surface area contributed by atoms with Gasteiger partial charge < -0.3 is 4.90 Å². The zero-order chi connectivity index (χ0) is 18.2. The van der Waals surface area contributed by atoms with Crippen LogP contribution in [0.2, 0.25) is 10.0 Å². The highest BCUT2D eigenvalue weighted by Crippen LogP contribution is 2.26. The monoisotopic (exact) mass is 370 g/mol. The molecule has 0 N–H and O–H groups in total. The van der Waals surface area contributed by atoms with Gasteiger partial charge in [0.1, 0.15) is 0 Å². The third-order valence-electron chi connectivity index (χ3n) is 3.50. The van der Waals surface area contributed by atoms with Crippen molar-refractivity contribution in [2.45, 2.75) is 6.54 Å². The van der Waals surface area contributed by atoms with Gasteiger partial charge in [-0.15, -0.1) is 6.58 Å².